The molecule has 0 amide bonds. The summed E-state index contributed by atoms with van der Waals surface area (Å²) in [5, 5.41) is 0. The van der Waals surface area contributed by atoms with E-state index in [4.69, 9.17) is 4.74 Å². The molecule has 0 radical (unpaired) electrons. The van der Waals surface area contributed by atoms with Gasteiger partial charge in [-0.1, -0.05) is 37.6 Å². The molecule has 94 valence electrons. The molecule has 0 fully saturated rings. The zero-order valence-electron chi connectivity index (χ0n) is 11.4. The van der Waals surface area contributed by atoms with Gasteiger partial charge in [-0.3, -0.25) is 4.79 Å². The van der Waals surface area contributed by atoms with Gasteiger partial charge in [0, 0.05) is 0 Å². The van der Waals surface area contributed by atoms with E-state index in [0.29, 0.717) is 6.61 Å². The lowest BCUT2D eigenvalue weighted by Gasteiger charge is -2.21. The average molecular weight is 234 g/mol. The smallest absolute Gasteiger partial charge is 0.313 e. The Bertz CT molecular complexity index is 394. The van der Waals surface area contributed by atoms with E-state index in [2.05, 4.69) is 32.0 Å². The molecule has 0 saturated carbocycles. The number of ether oxygens (including phenoxy) is 1. The molecule has 0 aliphatic carbocycles. The van der Waals surface area contributed by atoms with E-state index in [-0.39, 0.29) is 17.8 Å². The molecular weight excluding hydrogens is 212 g/mol. The summed E-state index contributed by atoms with van der Waals surface area (Å²) in [6.45, 7) is 10.5. The van der Waals surface area contributed by atoms with Crippen molar-refractivity contribution in [2.45, 2.75) is 40.5 Å². The van der Waals surface area contributed by atoms with Crippen molar-refractivity contribution in [3.63, 3.8) is 0 Å². The lowest BCUT2D eigenvalue weighted by atomic mass is 9.85. The zero-order valence-corrected chi connectivity index (χ0v) is 11.4. The Kier molecular flexibility index (Phi) is 4.73. The first-order valence-electron chi connectivity index (χ1n) is 6.21. The Morgan fingerprint density at radius 2 is 1.94 bits per heavy atom. The molecule has 1 aromatic rings. The highest BCUT2D eigenvalue weighted by atomic mass is 16.5. The number of esters is 1. The summed E-state index contributed by atoms with van der Waals surface area (Å²) in [4.78, 5) is 12.0. The standard InChI is InChI=1S/C15H22O2/c1-6-17-15(16)14(10(2)3)13-9-11(4)7-8-12(13)5/h7-10,14H,6H2,1-5H3. The Hall–Kier alpha value is -1.31. The first-order valence-corrected chi connectivity index (χ1v) is 6.21. The molecule has 0 bridgehead atoms. The van der Waals surface area contributed by atoms with Crippen LogP contribution in [0.2, 0.25) is 0 Å². The molecule has 0 N–H and O–H groups in total. The molecule has 0 heterocycles. The van der Waals surface area contributed by atoms with Gasteiger partial charge in [0.2, 0.25) is 0 Å². The third-order valence-corrected chi connectivity index (χ3v) is 2.98. The van der Waals surface area contributed by atoms with Gasteiger partial charge in [-0.2, -0.15) is 0 Å². The second-order valence-corrected chi connectivity index (χ2v) is 4.83. The first-order chi connectivity index (χ1) is 7.97. The van der Waals surface area contributed by atoms with Crippen LogP contribution < -0.4 is 0 Å². The number of benzene rings is 1. The van der Waals surface area contributed by atoms with Gasteiger partial charge in [0.05, 0.1) is 12.5 Å². The SMILES string of the molecule is CCOC(=O)C(c1cc(C)ccc1C)C(C)C. The maximum Gasteiger partial charge on any atom is 0.313 e. The van der Waals surface area contributed by atoms with Gasteiger partial charge in [0.15, 0.2) is 0 Å². The van der Waals surface area contributed by atoms with Gasteiger partial charge < -0.3 is 4.74 Å². The van der Waals surface area contributed by atoms with Crippen LogP contribution in [0, 0.1) is 19.8 Å². The van der Waals surface area contributed by atoms with Crippen LogP contribution in [0.4, 0.5) is 0 Å². The van der Waals surface area contributed by atoms with Gasteiger partial charge in [-0.05, 0) is 37.8 Å². The van der Waals surface area contributed by atoms with Crippen molar-refractivity contribution in [2.75, 3.05) is 6.61 Å². The van der Waals surface area contributed by atoms with E-state index in [1.165, 1.54) is 5.56 Å². The summed E-state index contributed by atoms with van der Waals surface area (Å²) in [5.74, 6) is -0.0272. The van der Waals surface area contributed by atoms with E-state index in [0.717, 1.165) is 11.1 Å². The Morgan fingerprint density at radius 3 is 2.47 bits per heavy atom. The van der Waals surface area contributed by atoms with Crippen LogP contribution in [-0.2, 0) is 9.53 Å². The number of hydrogen-bond acceptors (Lipinski definition) is 2. The topological polar surface area (TPSA) is 26.3 Å². The van der Waals surface area contributed by atoms with Gasteiger partial charge in [0.25, 0.3) is 0 Å². The molecule has 0 saturated heterocycles. The molecular formula is C15H22O2. The molecule has 1 atom stereocenters. The third kappa shape index (κ3) is 3.32. The minimum Gasteiger partial charge on any atom is -0.466 e. The quantitative estimate of drug-likeness (QED) is 0.744. The van der Waals surface area contributed by atoms with Gasteiger partial charge in [-0.15, -0.1) is 0 Å². The molecule has 1 unspecified atom stereocenters. The van der Waals surface area contributed by atoms with Crippen molar-refractivity contribution >= 4 is 5.97 Å². The molecule has 0 spiro atoms. The predicted octanol–water partition coefficient (Wildman–Crippen LogP) is 3.61. The van der Waals surface area contributed by atoms with E-state index in [9.17, 15) is 4.79 Å². The summed E-state index contributed by atoms with van der Waals surface area (Å²) in [6, 6.07) is 6.23. The maximum atomic E-state index is 12.0. The largest absolute Gasteiger partial charge is 0.466 e. The van der Waals surface area contributed by atoms with Crippen molar-refractivity contribution in [3.05, 3.63) is 34.9 Å². The summed E-state index contributed by atoms with van der Waals surface area (Å²) in [6.07, 6.45) is 0. The predicted molar refractivity (Wildman–Crippen MR) is 70.1 cm³/mol. The van der Waals surface area contributed by atoms with E-state index in [1.807, 2.05) is 20.8 Å². The van der Waals surface area contributed by atoms with Crippen molar-refractivity contribution in [3.8, 4) is 0 Å². The monoisotopic (exact) mass is 234 g/mol. The first kappa shape index (κ1) is 13.8. The van der Waals surface area contributed by atoms with Gasteiger partial charge in [-0.25, -0.2) is 0 Å². The van der Waals surface area contributed by atoms with Crippen LogP contribution >= 0.6 is 0 Å². The maximum absolute atomic E-state index is 12.0. The second-order valence-electron chi connectivity index (χ2n) is 4.83. The minimum atomic E-state index is -0.158. The van der Waals surface area contributed by atoms with Crippen molar-refractivity contribution in [1.82, 2.24) is 0 Å². The second kappa shape index (κ2) is 5.85. The molecule has 0 aliphatic rings. The summed E-state index contributed by atoms with van der Waals surface area (Å²) in [5.41, 5.74) is 3.43. The fourth-order valence-corrected chi connectivity index (χ4v) is 2.09. The Morgan fingerprint density at radius 1 is 1.29 bits per heavy atom. The molecule has 1 aromatic carbocycles. The summed E-state index contributed by atoms with van der Waals surface area (Å²) >= 11 is 0. The Balaban J connectivity index is 3.13. The summed E-state index contributed by atoms with van der Waals surface area (Å²) in [7, 11) is 0. The fourth-order valence-electron chi connectivity index (χ4n) is 2.09. The van der Waals surface area contributed by atoms with Gasteiger partial charge in [0.1, 0.15) is 0 Å². The van der Waals surface area contributed by atoms with Crippen molar-refractivity contribution in [1.29, 1.82) is 0 Å². The molecule has 2 nitrogen and oxygen atoms in total. The zero-order chi connectivity index (χ0) is 13.0. The number of rotatable bonds is 4. The van der Waals surface area contributed by atoms with Crippen LogP contribution in [-0.4, -0.2) is 12.6 Å². The lowest BCUT2D eigenvalue weighted by Crippen LogP contribution is -2.21. The van der Waals surface area contributed by atoms with Gasteiger partial charge >= 0.3 is 5.97 Å². The highest BCUT2D eigenvalue weighted by Gasteiger charge is 2.26. The summed E-state index contributed by atoms with van der Waals surface area (Å²) < 4.78 is 5.18. The van der Waals surface area contributed by atoms with Crippen LogP contribution in [0.3, 0.4) is 0 Å². The number of aryl methyl sites for hydroxylation is 2. The normalized spacial score (nSPS) is 12.6. The van der Waals surface area contributed by atoms with Crippen molar-refractivity contribution < 1.29 is 9.53 Å². The minimum absolute atomic E-state index is 0.115. The number of carbonyl (C=O) groups excluding carboxylic acids is 1. The van der Waals surface area contributed by atoms with Crippen LogP contribution in [0.1, 0.15) is 43.4 Å². The molecule has 2 heteroatoms. The molecule has 0 aromatic heterocycles. The highest BCUT2D eigenvalue weighted by molar-refractivity contribution is 5.79. The van der Waals surface area contributed by atoms with Crippen molar-refractivity contribution in [2.24, 2.45) is 5.92 Å². The number of hydrogen-bond donors (Lipinski definition) is 0. The number of carbonyl (C=O) groups is 1. The molecule has 0 aliphatic heterocycles. The average Bonchev–Trinajstić information content (AvgIpc) is 2.23. The Labute approximate surface area is 104 Å². The fraction of sp³-hybridized carbons (Fsp3) is 0.533. The van der Waals surface area contributed by atoms with Crippen LogP contribution in [0.15, 0.2) is 18.2 Å². The molecule has 1 rings (SSSR count). The molecule has 17 heavy (non-hydrogen) atoms. The van der Waals surface area contributed by atoms with Crippen LogP contribution in [0.5, 0.6) is 0 Å². The lowest BCUT2D eigenvalue weighted by molar-refractivity contribution is -0.146. The van der Waals surface area contributed by atoms with E-state index < -0.39 is 0 Å². The van der Waals surface area contributed by atoms with E-state index in [1.54, 1.807) is 0 Å². The highest BCUT2D eigenvalue weighted by Crippen LogP contribution is 2.29. The van der Waals surface area contributed by atoms with E-state index >= 15 is 0 Å². The van der Waals surface area contributed by atoms with Crippen LogP contribution in [0.25, 0.3) is 0 Å². The third-order valence-electron chi connectivity index (χ3n) is 2.98.